The number of hydrogen-bond donors (Lipinski definition) is 1. The summed E-state index contributed by atoms with van der Waals surface area (Å²) in [5, 5.41) is 12.6. The second-order valence-corrected chi connectivity index (χ2v) is 8.55. The molecule has 0 radical (unpaired) electrons. The lowest BCUT2D eigenvalue weighted by atomic mass is 9.73. The Morgan fingerprint density at radius 3 is 2.63 bits per heavy atom. The topological polar surface area (TPSA) is 73.3 Å². The Kier molecular flexibility index (Phi) is 6.11. The molecule has 2 aromatic carbocycles. The Hall–Kier alpha value is -2.77. The van der Waals surface area contributed by atoms with Crippen molar-refractivity contribution >= 4 is 22.4 Å². The molecule has 30 heavy (non-hydrogen) atoms. The predicted octanol–water partition coefficient (Wildman–Crippen LogP) is 4.67. The molecule has 7 heteroatoms. The smallest absolute Gasteiger partial charge is 0.237 e. The molecule has 1 saturated heterocycles. The summed E-state index contributed by atoms with van der Waals surface area (Å²) in [5.41, 5.74) is 1.53. The standard InChI is InChI=1S/C23H25N3O3S/c1-16-7-6-8-18(15-16)23(11-13-28-14-12-23)21(27)24-22-26-25-20(30-22)17(2)29-19-9-4-3-5-10-19/h3-10,15,17H,11-14H2,1-2H3,(H,24,26,27). The summed E-state index contributed by atoms with van der Waals surface area (Å²) in [5.74, 6) is 0.710. The maximum atomic E-state index is 13.4. The molecular weight excluding hydrogens is 398 g/mol. The zero-order valence-corrected chi connectivity index (χ0v) is 17.9. The average molecular weight is 424 g/mol. The number of nitrogens with one attached hydrogen (secondary N) is 1. The minimum Gasteiger partial charge on any atom is -0.483 e. The lowest BCUT2D eigenvalue weighted by Gasteiger charge is -2.36. The largest absolute Gasteiger partial charge is 0.483 e. The lowest BCUT2D eigenvalue weighted by molar-refractivity contribution is -0.125. The fraction of sp³-hybridized carbons (Fsp3) is 0.348. The van der Waals surface area contributed by atoms with Gasteiger partial charge in [-0.1, -0.05) is 59.4 Å². The van der Waals surface area contributed by atoms with E-state index in [1.54, 1.807) is 0 Å². The van der Waals surface area contributed by atoms with E-state index in [9.17, 15) is 4.79 Å². The number of rotatable bonds is 6. The number of carbonyl (C=O) groups excluding carboxylic acids is 1. The minimum absolute atomic E-state index is 0.0595. The molecule has 0 saturated carbocycles. The van der Waals surface area contributed by atoms with Gasteiger partial charge in [-0.3, -0.25) is 10.1 Å². The molecule has 1 amide bonds. The van der Waals surface area contributed by atoms with E-state index in [1.807, 2.05) is 62.4 Å². The van der Waals surface area contributed by atoms with E-state index in [1.165, 1.54) is 11.3 Å². The third-order valence-corrected chi connectivity index (χ3v) is 6.42. The van der Waals surface area contributed by atoms with Crippen LogP contribution in [0.1, 0.15) is 42.0 Å². The second kappa shape index (κ2) is 8.93. The molecule has 1 aromatic heterocycles. The third-order valence-electron chi connectivity index (χ3n) is 5.42. The molecule has 0 aliphatic carbocycles. The van der Waals surface area contributed by atoms with Crippen LogP contribution in [0.5, 0.6) is 5.75 Å². The summed E-state index contributed by atoms with van der Waals surface area (Å²) in [6.07, 6.45) is 1.02. The number of aryl methyl sites for hydroxylation is 1. The van der Waals surface area contributed by atoms with E-state index in [-0.39, 0.29) is 12.0 Å². The van der Waals surface area contributed by atoms with Crippen LogP contribution in [0.25, 0.3) is 0 Å². The van der Waals surface area contributed by atoms with Gasteiger partial charge in [-0.15, -0.1) is 10.2 Å². The number of anilines is 1. The molecule has 1 atom stereocenters. The molecule has 0 spiro atoms. The van der Waals surface area contributed by atoms with Gasteiger partial charge in [0.05, 0.1) is 5.41 Å². The predicted molar refractivity (Wildman–Crippen MR) is 117 cm³/mol. The summed E-state index contributed by atoms with van der Waals surface area (Å²) in [6, 6.07) is 17.7. The molecule has 156 valence electrons. The number of aromatic nitrogens is 2. The van der Waals surface area contributed by atoms with Crippen LogP contribution >= 0.6 is 11.3 Å². The first-order chi connectivity index (χ1) is 14.6. The zero-order chi connectivity index (χ0) is 21.0. The van der Waals surface area contributed by atoms with Crippen LogP contribution in [0, 0.1) is 6.92 Å². The van der Waals surface area contributed by atoms with Gasteiger partial charge in [0.25, 0.3) is 0 Å². The highest BCUT2D eigenvalue weighted by atomic mass is 32.1. The van der Waals surface area contributed by atoms with Crippen molar-refractivity contribution in [1.29, 1.82) is 0 Å². The van der Waals surface area contributed by atoms with Crippen molar-refractivity contribution < 1.29 is 14.3 Å². The highest BCUT2D eigenvalue weighted by Crippen LogP contribution is 2.37. The number of ether oxygens (including phenoxy) is 2. The fourth-order valence-corrected chi connectivity index (χ4v) is 4.45. The number of amides is 1. The van der Waals surface area contributed by atoms with Crippen molar-refractivity contribution in [3.8, 4) is 5.75 Å². The Bertz CT molecular complexity index is 1000. The van der Waals surface area contributed by atoms with Crippen molar-refractivity contribution in [2.24, 2.45) is 0 Å². The van der Waals surface area contributed by atoms with E-state index in [0.29, 0.717) is 36.2 Å². The molecule has 1 aliphatic heterocycles. The molecule has 1 aliphatic rings. The van der Waals surface area contributed by atoms with Crippen molar-refractivity contribution in [2.45, 2.75) is 38.2 Å². The van der Waals surface area contributed by atoms with Gasteiger partial charge < -0.3 is 9.47 Å². The maximum Gasteiger partial charge on any atom is 0.237 e. The highest BCUT2D eigenvalue weighted by molar-refractivity contribution is 7.15. The monoisotopic (exact) mass is 423 g/mol. The number of hydrogen-bond acceptors (Lipinski definition) is 6. The van der Waals surface area contributed by atoms with Gasteiger partial charge in [0.1, 0.15) is 11.9 Å². The number of benzene rings is 2. The number of carbonyl (C=O) groups is 1. The Balaban J connectivity index is 1.51. The second-order valence-electron chi connectivity index (χ2n) is 7.54. The van der Waals surface area contributed by atoms with Gasteiger partial charge in [0.15, 0.2) is 5.01 Å². The van der Waals surface area contributed by atoms with E-state index in [0.717, 1.165) is 16.9 Å². The molecular formula is C23H25N3O3S. The van der Waals surface area contributed by atoms with Gasteiger partial charge in [-0.25, -0.2) is 0 Å². The molecule has 1 unspecified atom stereocenters. The van der Waals surface area contributed by atoms with Crippen molar-refractivity contribution in [3.05, 3.63) is 70.7 Å². The van der Waals surface area contributed by atoms with Crippen LogP contribution in [0.3, 0.4) is 0 Å². The first kappa shape index (κ1) is 20.5. The van der Waals surface area contributed by atoms with Crippen LogP contribution in [-0.2, 0) is 14.9 Å². The van der Waals surface area contributed by atoms with E-state index in [4.69, 9.17) is 9.47 Å². The SMILES string of the molecule is Cc1cccc(C2(C(=O)Nc3nnc(C(C)Oc4ccccc4)s3)CCOCC2)c1. The Morgan fingerprint density at radius 1 is 1.13 bits per heavy atom. The van der Waals surface area contributed by atoms with Crippen LogP contribution in [0.2, 0.25) is 0 Å². The van der Waals surface area contributed by atoms with E-state index in [2.05, 4.69) is 21.6 Å². The zero-order valence-electron chi connectivity index (χ0n) is 17.1. The van der Waals surface area contributed by atoms with Gasteiger partial charge in [-0.2, -0.15) is 0 Å². The van der Waals surface area contributed by atoms with Crippen molar-refractivity contribution in [2.75, 3.05) is 18.5 Å². The van der Waals surface area contributed by atoms with Gasteiger partial charge >= 0.3 is 0 Å². The maximum absolute atomic E-state index is 13.4. The number of para-hydroxylation sites is 1. The van der Waals surface area contributed by atoms with Crippen LogP contribution in [-0.4, -0.2) is 29.3 Å². The molecule has 0 bridgehead atoms. The Labute approximate surface area is 180 Å². The van der Waals surface area contributed by atoms with Gasteiger partial charge in [0.2, 0.25) is 11.0 Å². The molecule has 1 fully saturated rings. The van der Waals surface area contributed by atoms with Crippen LogP contribution in [0.15, 0.2) is 54.6 Å². The molecule has 3 aromatic rings. The fourth-order valence-electron chi connectivity index (χ4n) is 3.73. The summed E-state index contributed by atoms with van der Waals surface area (Å²) in [4.78, 5) is 13.4. The van der Waals surface area contributed by atoms with E-state index >= 15 is 0 Å². The molecule has 4 rings (SSSR count). The molecule has 1 N–H and O–H groups in total. The Morgan fingerprint density at radius 2 is 1.90 bits per heavy atom. The van der Waals surface area contributed by atoms with Crippen molar-refractivity contribution in [1.82, 2.24) is 10.2 Å². The normalized spacial score (nSPS) is 16.6. The highest BCUT2D eigenvalue weighted by Gasteiger charge is 2.42. The summed E-state index contributed by atoms with van der Waals surface area (Å²) in [6.45, 7) is 5.08. The van der Waals surface area contributed by atoms with Crippen LogP contribution in [0.4, 0.5) is 5.13 Å². The first-order valence-electron chi connectivity index (χ1n) is 10.1. The number of nitrogens with zero attached hydrogens (tertiary/aromatic N) is 2. The third kappa shape index (κ3) is 4.37. The van der Waals surface area contributed by atoms with Crippen molar-refractivity contribution in [3.63, 3.8) is 0 Å². The summed E-state index contributed by atoms with van der Waals surface area (Å²) < 4.78 is 11.5. The molecule has 2 heterocycles. The van der Waals surface area contributed by atoms with E-state index < -0.39 is 5.41 Å². The van der Waals surface area contributed by atoms with Gasteiger partial charge in [-0.05, 0) is 44.4 Å². The summed E-state index contributed by atoms with van der Waals surface area (Å²) in [7, 11) is 0. The van der Waals surface area contributed by atoms with Crippen LogP contribution < -0.4 is 10.1 Å². The summed E-state index contributed by atoms with van der Waals surface area (Å²) >= 11 is 1.34. The first-order valence-corrected chi connectivity index (χ1v) is 10.9. The minimum atomic E-state index is -0.623. The lowest BCUT2D eigenvalue weighted by Crippen LogP contribution is -2.44. The molecule has 6 nitrogen and oxygen atoms in total. The quantitative estimate of drug-likeness (QED) is 0.624. The average Bonchev–Trinajstić information content (AvgIpc) is 3.23. The van der Waals surface area contributed by atoms with Gasteiger partial charge in [0, 0.05) is 13.2 Å².